The summed E-state index contributed by atoms with van der Waals surface area (Å²) in [5, 5.41) is 4.49. The first kappa shape index (κ1) is 19.3. The summed E-state index contributed by atoms with van der Waals surface area (Å²) in [4.78, 5) is 0. The third kappa shape index (κ3) is 4.00. The van der Waals surface area contributed by atoms with Gasteiger partial charge in [-0.15, -0.1) is 0 Å². The van der Waals surface area contributed by atoms with Crippen molar-refractivity contribution in [2.75, 3.05) is 7.11 Å². The highest BCUT2D eigenvalue weighted by molar-refractivity contribution is 6.32. The van der Waals surface area contributed by atoms with Crippen LogP contribution < -0.4 is 14.8 Å². The fourth-order valence-corrected chi connectivity index (χ4v) is 6.53. The molecule has 0 atom stereocenters. The molecule has 4 saturated carbocycles. The molecule has 4 aliphatic carbocycles. The summed E-state index contributed by atoms with van der Waals surface area (Å²) in [5.41, 5.74) is 2.27. The zero-order valence-corrected chi connectivity index (χ0v) is 17.8. The van der Waals surface area contributed by atoms with Gasteiger partial charge in [0.15, 0.2) is 11.5 Å². The van der Waals surface area contributed by atoms with Crippen molar-refractivity contribution >= 4 is 11.6 Å². The molecule has 0 saturated heterocycles. The van der Waals surface area contributed by atoms with Crippen LogP contribution in [0.4, 0.5) is 0 Å². The molecular weight excluding hydrogens is 382 g/mol. The van der Waals surface area contributed by atoms with Crippen molar-refractivity contribution in [3.63, 3.8) is 0 Å². The Labute approximate surface area is 178 Å². The van der Waals surface area contributed by atoms with Crippen LogP contribution in [0.15, 0.2) is 42.5 Å². The fraction of sp³-hybridized carbons (Fsp3) is 0.520. The third-order valence-corrected chi connectivity index (χ3v) is 7.56. The third-order valence-electron chi connectivity index (χ3n) is 7.28. The maximum atomic E-state index is 6.59. The van der Waals surface area contributed by atoms with Gasteiger partial charge in [-0.3, -0.25) is 0 Å². The van der Waals surface area contributed by atoms with E-state index in [1.54, 1.807) is 7.11 Å². The van der Waals surface area contributed by atoms with Crippen molar-refractivity contribution in [1.29, 1.82) is 0 Å². The lowest BCUT2D eigenvalue weighted by Crippen LogP contribution is -2.54. The summed E-state index contributed by atoms with van der Waals surface area (Å²) < 4.78 is 11.6. The lowest BCUT2D eigenvalue weighted by molar-refractivity contribution is -0.0142. The minimum absolute atomic E-state index is 0.474. The Morgan fingerprint density at radius 2 is 1.62 bits per heavy atom. The van der Waals surface area contributed by atoms with E-state index in [1.807, 2.05) is 36.4 Å². The number of hydrogen-bond donors (Lipinski definition) is 1. The van der Waals surface area contributed by atoms with Crippen LogP contribution in [0, 0.1) is 23.7 Å². The van der Waals surface area contributed by atoms with E-state index in [1.165, 1.54) is 32.1 Å². The quantitative estimate of drug-likeness (QED) is 0.620. The summed E-state index contributed by atoms with van der Waals surface area (Å²) in [6, 6.07) is 14.9. The Balaban J connectivity index is 1.26. The zero-order chi connectivity index (χ0) is 19.8. The first-order valence-electron chi connectivity index (χ1n) is 11.0. The topological polar surface area (TPSA) is 30.5 Å². The maximum Gasteiger partial charge on any atom is 0.180 e. The van der Waals surface area contributed by atoms with Crippen LogP contribution in [0.25, 0.3) is 0 Å². The van der Waals surface area contributed by atoms with E-state index in [4.69, 9.17) is 21.1 Å². The van der Waals surface area contributed by atoms with Gasteiger partial charge in [0.2, 0.25) is 0 Å². The second-order valence-electron chi connectivity index (χ2n) is 9.22. The first-order valence-corrected chi connectivity index (χ1v) is 11.3. The molecule has 6 rings (SSSR count). The molecule has 154 valence electrons. The largest absolute Gasteiger partial charge is 0.493 e. The van der Waals surface area contributed by atoms with Crippen LogP contribution in [-0.4, -0.2) is 13.2 Å². The molecule has 0 amide bonds. The molecule has 0 radical (unpaired) electrons. The fourth-order valence-electron chi connectivity index (χ4n) is 6.24. The Hall–Kier alpha value is -1.71. The normalized spacial score (nSPS) is 29.8. The van der Waals surface area contributed by atoms with Gasteiger partial charge in [0.1, 0.15) is 6.61 Å². The van der Waals surface area contributed by atoms with Crippen LogP contribution in [0.2, 0.25) is 5.02 Å². The van der Waals surface area contributed by atoms with Gasteiger partial charge in [0.25, 0.3) is 0 Å². The molecule has 4 aliphatic rings. The molecule has 4 heteroatoms. The van der Waals surface area contributed by atoms with E-state index in [2.05, 4.69) is 11.4 Å². The molecule has 3 nitrogen and oxygen atoms in total. The summed E-state index contributed by atoms with van der Waals surface area (Å²) >= 11 is 6.59. The Bertz CT molecular complexity index is 825. The highest BCUT2D eigenvalue weighted by atomic mass is 35.5. The molecule has 0 aliphatic heterocycles. The Morgan fingerprint density at radius 1 is 0.931 bits per heavy atom. The van der Waals surface area contributed by atoms with E-state index < -0.39 is 0 Å². The molecule has 0 spiro atoms. The van der Waals surface area contributed by atoms with Crippen molar-refractivity contribution in [2.24, 2.45) is 23.7 Å². The Kier molecular flexibility index (Phi) is 5.45. The van der Waals surface area contributed by atoms with Crippen LogP contribution in [0.3, 0.4) is 0 Å². The van der Waals surface area contributed by atoms with E-state index in [-0.39, 0.29) is 0 Å². The van der Waals surface area contributed by atoms with Crippen LogP contribution >= 0.6 is 11.6 Å². The highest BCUT2D eigenvalue weighted by Crippen LogP contribution is 2.53. The second-order valence-corrected chi connectivity index (χ2v) is 9.63. The zero-order valence-electron chi connectivity index (χ0n) is 17.1. The van der Waals surface area contributed by atoms with Gasteiger partial charge in [-0.05, 0) is 79.0 Å². The molecule has 4 fully saturated rings. The van der Waals surface area contributed by atoms with Crippen LogP contribution in [0.1, 0.15) is 43.2 Å². The minimum atomic E-state index is 0.474. The van der Waals surface area contributed by atoms with Gasteiger partial charge < -0.3 is 14.8 Å². The Morgan fingerprint density at radius 3 is 2.28 bits per heavy atom. The smallest absolute Gasteiger partial charge is 0.180 e. The SMILES string of the molecule is COc1cc(CNC2C3CC4CC(C3)CC2C4)cc(Cl)c1OCc1ccccc1. The first-order chi connectivity index (χ1) is 14.2. The summed E-state index contributed by atoms with van der Waals surface area (Å²) in [5.74, 6) is 5.08. The number of methoxy groups -OCH3 is 1. The van der Waals surface area contributed by atoms with Gasteiger partial charge in [0.05, 0.1) is 12.1 Å². The molecule has 0 unspecified atom stereocenters. The molecule has 0 aromatic heterocycles. The van der Waals surface area contributed by atoms with Crippen molar-refractivity contribution in [3.8, 4) is 11.5 Å². The lowest BCUT2D eigenvalue weighted by atomic mass is 9.54. The van der Waals surface area contributed by atoms with E-state index >= 15 is 0 Å². The number of hydrogen-bond acceptors (Lipinski definition) is 3. The van der Waals surface area contributed by atoms with Gasteiger partial charge in [0, 0.05) is 12.6 Å². The number of halogens is 1. The predicted molar refractivity (Wildman–Crippen MR) is 116 cm³/mol. The number of nitrogens with one attached hydrogen (secondary N) is 1. The van der Waals surface area contributed by atoms with Gasteiger partial charge in [-0.1, -0.05) is 41.9 Å². The van der Waals surface area contributed by atoms with Gasteiger partial charge in [-0.2, -0.15) is 0 Å². The second kappa shape index (κ2) is 8.20. The van der Waals surface area contributed by atoms with Gasteiger partial charge >= 0.3 is 0 Å². The van der Waals surface area contributed by atoms with Crippen LogP contribution in [0.5, 0.6) is 11.5 Å². The number of ether oxygens (including phenoxy) is 2. The molecule has 1 N–H and O–H groups in total. The van der Waals surface area contributed by atoms with E-state index in [9.17, 15) is 0 Å². The lowest BCUT2D eigenvalue weighted by Gasteiger charge is -2.54. The monoisotopic (exact) mass is 411 g/mol. The van der Waals surface area contributed by atoms with Crippen molar-refractivity contribution in [1.82, 2.24) is 5.32 Å². The highest BCUT2D eigenvalue weighted by Gasteiger charge is 2.47. The van der Waals surface area contributed by atoms with E-state index in [0.29, 0.717) is 29.2 Å². The molecule has 4 bridgehead atoms. The summed E-state index contributed by atoms with van der Waals surface area (Å²) in [7, 11) is 1.68. The molecular formula is C25H30ClNO2. The standard InChI is InChI=1S/C25H30ClNO2/c1-28-23-13-19(12-22(26)25(23)29-15-16-5-3-2-4-6-16)14-27-24-20-8-17-7-18(10-20)11-21(24)9-17/h2-6,12-13,17-18,20-21,24,27H,7-11,14-15H2,1H3. The molecule has 0 heterocycles. The van der Waals surface area contributed by atoms with Crippen molar-refractivity contribution < 1.29 is 9.47 Å². The predicted octanol–water partition coefficient (Wildman–Crippen LogP) is 5.84. The summed E-state index contributed by atoms with van der Waals surface area (Å²) in [6.07, 6.45) is 7.22. The average molecular weight is 412 g/mol. The maximum absolute atomic E-state index is 6.59. The minimum Gasteiger partial charge on any atom is -0.493 e. The number of rotatable bonds is 7. The van der Waals surface area contributed by atoms with E-state index in [0.717, 1.165) is 41.3 Å². The molecule has 2 aromatic rings. The van der Waals surface area contributed by atoms with Crippen LogP contribution in [-0.2, 0) is 13.2 Å². The van der Waals surface area contributed by atoms with Crippen molar-refractivity contribution in [3.05, 3.63) is 58.6 Å². The van der Waals surface area contributed by atoms with Gasteiger partial charge in [-0.25, -0.2) is 0 Å². The molecule has 2 aromatic carbocycles. The van der Waals surface area contributed by atoms with Crippen molar-refractivity contribution in [2.45, 2.75) is 51.3 Å². The molecule has 29 heavy (non-hydrogen) atoms. The number of benzene rings is 2. The average Bonchev–Trinajstić information content (AvgIpc) is 2.72. The summed E-state index contributed by atoms with van der Waals surface area (Å²) in [6.45, 7) is 1.31.